The summed E-state index contributed by atoms with van der Waals surface area (Å²) in [5.41, 5.74) is 0.871. The molecule has 2 aliphatic rings. The summed E-state index contributed by atoms with van der Waals surface area (Å²) in [4.78, 5) is 23.6. The zero-order chi connectivity index (χ0) is 23.0. The third-order valence-electron chi connectivity index (χ3n) is 4.78. The Hall–Kier alpha value is -2.05. The zero-order valence-electron chi connectivity index (χ0n) is 17.9. The number of carbonyl (C=O) groups is 2. The summed E-state index contributed by atoms with van der Waals surface area (Å²) < 4.78 is 58.9. The van der Waals surface area contributed by atoms with Crippen molar-refractivity contribution in [1.82, 2.24) is 0 Å². The Morgan fingerprint density at radius 1 is 1.03 bits per heavy atom. The van der Waals surface area contributed by atoms with Crippen LogP contribution in [0.4, 0.5) is 0 Å². The Labute approximate surface area is 180 Å². The summed E-state index contributed by atoms with van der Waals surface area (Å²) >= 11 is 0. The molecule has 31 heavy (non-hydrogen) atoms. The summed E-state index contributed by atoms with van der Waals surface area (Å²) in [6.07, 6.45) is -3.95. The number of hydrogen-bond acceptors (Lipinski definition) is 10. The van der Waals surface area contributed by atoms with Crippen LogP contribution < -0.4 is 0 Å². The van der Waals surface area contributed by atoms with Crippen molar-refractivity contribution >= 4 is 22.1 Å². The van der Waals surface area contributed by atoms with Crippen molar-refractivity contribution in [1.29, 1.82) is 0 Å². The molecular formula is C20H26O10S. The van der Waals surface area contributed by atoms with E-state index in [0.29, 0.717) is 0 Å². The maximum atomic E-state index is 12.8. The van der Waals surface area contributed by atoms with Crippen molar-refractivity contribution in [3.8, 4) is 0 Å². The summed E-state index contributed by atoms with van der Waals surface area (Å²) in [7, 11) is -4.24. The maximum absolute atomic E-state index is 12.8. The lowest BCUT2D eigenvalue weighted by atomic mass is 9.96. The SMILES string of the molecule is CC(=O)O[C@H]1[C@@H](OS(=O)(=O)c2ccc(C)cc2)CO[C@]2(COC(C)(C)O2)[C@@H]1OC(C)=O. The fourth-order valence-corrected chi connectivity index (χ4v) is 4.55. The molecule has 1 aromatic carbocycles. The van der Waals surface area contributed by atoms with Gasteiger partial charge < -0.3 is 23.7 Å². The molecule has 0 aromatic heterocycles. The molecule has 0 bridgehead atoms. The van der Waals surface area contributed by atoms with E-state index in [2.05, 4.69) is 0 Å². The van der Waals surface area contributed by atoms with E-state index in [4.69, 9.17) is 27.9 Å². The number of benzene rings is 1. The number of esters is 2. The molecule has 0 N–H and O–H groups in total. The van der Waals surface area contributed by atoms with Crippen molar-refractivity contribution in [3.05, 3.63) is 29.8 Å². The highest BCUT2D eigenvalue weighted by Gasteiger charge is 2.62. The lowest BCUT2D eigenvalue weighted by Gasteiger charge is -2.45. The normalized spacial score (nSPS) is 30.2. The van der Waals surface area contributed by atoms with E-state index in [9.17, 15) is 18.0 Å². The Morgan fingerprint density at radius 2 is 1.65 bits per heavy atom. The van der Waals surface area contributed by atoms with Crippen LogP contribution in [0.5, 0.6) is 0 Å². The first-order valence-corrected chi connectivity index (χ1v) is 11.1. The highest BCUT2D eigenvalue weighted by Crippen LogP contribution is 2.42. The molecule has 2 heterocycles. The lowest BCUT2D eigenvalue weighted by molar-refractivity contribution is -0.337. The van der Waals surface area contributed by atoms with E-state index in [1.807, 2.05) is 6.92 Å². The van der Waals surface area contributed by atoms with Crippen LogP contribution >= 0.6 is 0 Å². The lowest BCUT2D eigenvalue weighted by Crippen LogP contribution is -2.65. The first kappa shape index (κ1) is 23.6. The van der Waals surface area contributed by atoms with Crippen LogP contribution in [0.25, 0.3) is 0 Å². The van der Waals surface area contributed by atoms with Crippen LogP contribution in [-0.2, 0) is 47.6 Å². The Balaban J connectivity index is 1.94. The second kappa shape index (κ2) is 8.47. The average Bonchev–Trinajstić information content (AvgIpc) is 2.96. The van der Waals surface area contributed by atoms with Gasteiger partial charge in [0.1, 0.15) is 12.7 Å². The van der Waals surface area contributed by atoms with Crippen molar-refractivity contribution in [3.63, 3.8) is 0 Å². The molecule has 0 amide bonds. The van der Waals surface area contributed by atoms with Crippen LogP contribution in [0, 0.1) is 6.92 Å². The van der Waals surface area contributed by atoms with Gasteiger partial charge in [0.25, 0.3) is 10.1 Å². The number of carbonyl (C=O) groups excluding carboxylic acids is 2. The first-order chi connectivity index (χ1) is 14.3. The summed E-state index contributed by atoms with van der Waals surface area (Å²) in [6.45, 7) is 6.95. The second-order valence-electron chi connectivity index (χ2n) is 7.92. The summed E-state index contributed by atoms with van der Waals surface area (Å²) in [5.74, 6) is -4.09. The highest BCUT2D eigenvalue weighted by molar-refractivity contribution is 7.86. The van der Waals surface area contributed by atoms with Gasteiger partial charge in [0.05, 0.1) is 11.5 Å². The van der Waals surface area contributed by atoms with E-state index in [1.54, 1.807) is 26.0 Å². The Kier molecular flexibility index (Phi) is 6.45. The minimum atomic E-state index is -4.24. The van der Waals surface area contributed by atoms with Gasteiger partial charge in [-0.2, -0.15) is 8.42 Å². The van der Waals surface area contributed by atoms with Crippen molar-refractivity contribution in [2.24, 2.45) is 0 Å². The quantitative estimate of drug-likeness (QED) is 0.473. The Morgan fingerprint density at radius 3 is 2.16 bits per heavy atom. The van der Waals surface area contributed by atoms with E-state index in [1.165, 1.54) is 12.1 Å². The minimum absolute atomic E-state index is 0.0782. The molecule has 172 valence electrons. The van der Waals surface area contributed by atoms with Crippen LogP contribution in [0.1, 0.15) is 33.3 Å². The van der Waals surface area contributed by atoms with Gasteiger partial charge in [-0.3, -0.25) is 13.8 Å². The molecule has 4 atom stereocenters. The van der Waals surface area contributed by atoms with Gasteiger partial charge in [-0.05, 0) is 32.9 Å². The van der Waals surface area contributed by atoms with Crippen molar-refractivity contribution < 1.29 is 45.9 Å². The molecule has 1 aromatic rings. The van der Waals surface area contributed by atoms with Crippen LogP contribution in [-0.4, -0.2) is 63.5 Å². The zero-order valence-corrected chi connectivity index (χ0v) is 18.8. The standard InChI is InChI=1S/C20H26O10S/c1-12-6-8-15(9-7-12)31(23,24)29-16-10-25-20(11-26-19(4,5)30-20)18(28-14(3)22)17(16)27-13(2)21/h6-9,16-18H,10-11H2,1-5H3/t16-,17-,18+,20-/m0/s1. The van der Waals surface area contributed by atoms with Gasteiger partial charge in [-0.1, -0.05) is 17.7 Å². The van der Waals surface area contributed by atoms with Gasteiger partial charge in [0, 0.05) is 13.8 Å². The summed E-state index contributed by atoms with van der Waals surface area (Å²) in [6, 6.07) is 6.05. The second-order valence-corrected chi connectivity index (χ2v) is 9.49. The molecule has 11 heteroatoms. The molecule has 0 radical (unpaired) electrons. The fourth-order valence-electron chi connectivity index (χ4n) is 3.48. The van der Waals surface area contributed by atoms with Gasteiger partial charge >= 0.3 is 11.9 Å². The number of ether oxygens (including phenoxy) is 5. The third kappa shape index (κ3) is 5.24. The predicted molar refractivity (Wildman–Crippen MR) is 104 cm³/mol. The third-order valence-corrected chi connectivity index (χ3v) is 6.13. The van der Waals surface area contributed by atoms with Gasteiger partial charge in [0.2, 0.25) is 5.79 Å². The largest absolute Gasteiger partial charge is 0.455 e. The van der Waals surface area contributed by atoms with Crippen LogP contribution in [0.15, 0.2) is 29.2 Å². The van der Waals surface area contributed by atoms with Gasteiger partial charge in [0.15, 0.2) is 18.0 Å². The molecule has 2 fully saturated rings. The van der Waals surface area contributed by atoms with E-state index < -0.39 is 51.9 Å². The van der Waals surface area contributed by atoms with Crippen molar-refractivity contribution in [2.75, 3.05) is 13.2 Å². The molecule has 2 aliphatic heterocycles. The van der Waals surface area contributed by atoms with Gasteiger partial charge in [-0.15, -0.1) is 0 Å². The van der Waals surface area contributed by atoms with Crippen molar-refractivity contribution in [2.45, 2.75) is 69.4 Å². The smallest absolute Gasteiger partial charge is 0.303 e. The highest BCUT2D eigenvalue weighted by atomic mass is 32.2. The molecule has 0 unspecified atom stereocenters. The Bertz CT molecular complexity index is 939. The molecule has 10 nitrogen and oxygen atoms in total. The summed E-state index contributed by atoms with van der Waals surface area (Å²) in [5, 5.41) is 0. The number of hydrogen-bond donors (Lipinski definition) is 0. The van der Waals surface area contributed by atoms with Crippen LogP contribution in [0.2, 0.25) is 0 Å². The molecular weight excluding hydrogens is 432 g/mol. The molecule has 3 rings (SSSR count). The number of rotatable bonds is 5. The molecule has 1 spiro atoms. The van der Waals surface area contributed by atoms with E-state index >= 15 is 0 Å². The first-order valence-electron chi connectivity index (χ1n) is 9.66. The molecule has 0 aliphatic carbocycles. The average molecular weight is 458 g/mol. The molecule has 0 saturated carbocycles. The molecule has 2 saturated heterocycles. The predicted octanol–water partition coefficient (Wildman–Crippen LogP) is 1.44. The van der Waals surface area contributed by atoms with Gasteiger partial charge in [-0.25, -0.2) is 0 Å². The van der Waals surface area contributed by atoms with E-state index in [0.717, 1.165) is 19.4 Å². The van der Waals surface area contributed by atoms with Crippen LogP contribution in [0.3, 0.4) is 0 Å². The number of aryl methyl sites for hydroxylation is 1. The van der Waals surface area contributed by atoms with E-state index in [-0.39, 0.29) is 18.1 Å². The topological polar surface area (TPSA) is 124 Å². The maximum Gasteiger partial charge on any atom is 0.303 e. The monoisotopic (exact) mass is 458 g/mol. The fraction of sp³-hybridized carbons (Fsp3) is 0.600. The minimum Gasteiger partial charge on any atom is -0.455 e.